The summed E-state index contributed by atoms with van der Waals surface area (Å²) in [5.41, 5.74) is 5.98. The van der Waals surface area contributed by atoms with Gasteiger partial charge >= 0.3 is 5.97 Å². The minimum Gasteiger partial charge on any atom is -0.506 e. The van der Waals surface area contributed by atoms with Gasteiger partial charge in [-0.1, -0.05) is 0 Å². The van der Waals surface area contributed by atoms with E-state index in [1.165, 1.54) is 18.3 Å². The number of nitrogens with two attached hydrogens (primary N) is 1. The maximum Gasteiger partial charge on any atom is 0.305 e. The molecule has 0 saturated heterocycles. The first-order valence-electron chi connectivity index (χ1n) is 3.72. The van der Waals surface area contributed by atoms with Crippen LogP contribution in [0.3, 0.4) is 0 Å². The Hall–Kier alpha value is -1.62. The third-order valence-corrected chi connectivity index (χ3v) is 1.55. The van der Waals surface area contributed by atoms with Crippen LogP contribution in [-0.2, 0) is 4.79 Å². The molecule has 1 aromatic heterocycles. The van der Waals surface area contributed by atoms with E-state index in [1.54, 1.807) is 0 Å². The zero-order chi connectivity index (χ0) is 9.84. The molecule has 13 heavy (non-hydrogen) atoms. The molecular weight excluding hydrogens is 172 g/mol. The number of carboxylic acids is 1. The number of pyridine rings is 1. The van der Waals surface area contributed by atoms with Crippen molar-refractivity contribution >= 4 is 5.97 Å². The quantitative estimate of drug-likeness (QED) is 0.623. The van der Waals surface area contributed by atoms with Crippen LogP contribution in [0.2, 0.25) is 0 Å². The number of carbonyl (C=O) groups is 1. The summed E-state index contributed by atoms with van der Waals surface area (Å²) in [5, 5.41) is 17.3. The first-order valence-corrected chi connectivity index (χ1v) is 3.72. The highest BCUT2D eigenvalue weighted by Crippen LogP contribution is 2.13. The fourth-order valence-electron chi connectivity index (χ4n) is 0.910. The van der Waals surface area contributed by atoms with Crippen molar-refractivity contribution in [1.82, 2.24) is 4.98 Å². The molecule has 1 aromatic rings. The predicted molar refractivity (Wildman–Crippen MR) is 45.1 cm³/mol. The molecule has 0 unspecified atom stereocenters. The van der Waals surface area contributed by atoms with Gasteiger partial charge in [-0.05, 0) is 12.1 Å². The molecule has 70 valence electrons. The summed E-state index contributed by atoms with van der Waals surface area (Å²) in [5.74, 6) is -0.936. The van der Waals surface area contributed by atoms with Gasteiger partial charge < -0.3 is 15.9 Å². The normalized spacial score (nSPS) is 12.4. The maximum absolute atomic E-state index is 10.3. The summed E-state index contributed by atoms with van der Waals surface area (Å²) < 4.78 is 0. The lowest BCUT2D eigenvalue weighted by Gasteiger charge is -2.07. The summed E-state index contributed by atoms with van der Waals surface area (Å²) in [6.45, 7) is 0. The fraction of sp³-hybridized carbons (Fsp3) is 0.250. The molecule has 0 aromatic carbocycles. The van der Waals surface area contributed by atoms with Crippen molar-refractivity contribution in [1.29, 1.82) is 0 Å². The Morgan fingerprint density at radius 2 is 2.31 bits per heavy atom. The van der Waals surface area contributed by atoms with E-state index in [1.807, 2.05) is 0 Å². The fourth-order valence-corrected chi connectivity index (χ4v) is 0.910. The third kappa shape index (κ3) is 2.72. The summed E-state index contributed by atoms with van der Waals surface area (Å²) in [7, 11) is 0. The average molecular weight is 182 g/mol. The van der Waals surface area contributed by atoms with Gasteiger partial charge in [0.25, 0.3) is 0 Å². The topological polar surface area (TPSA) is 96.4 Å². The van der Waals surface area contributed by atoms with Crippen molar-refractivity contribution in [3.63, 3.8) is 0 Å². The highest BCUT2D eigenvalue weighted by Gasteiger charge is 2.11. The van der Waals surface area contributed by atoms with Crippen molar-refractivity contribution in [2.45, 2.75) is 12.5 Å². The second-order valence-corrected chi connectivity index (χ2v) is 2.65. The van der Waals surface area contributed by atoms with Gasteiger partial charge in [0, 0.05) is 0 Å². The monoisotopic (exact) mass is 182 g/mol. The molecule has 0 aliphatic carbocycles. The SMILES string of the molecule is N[C@H](CC(=O)O)c1ccc(O)cn1. The number of nitrogens with zero attached hydrogens (tertiary/aromatic N) is 1. The van der Waals surface area contributed by atoms with Gasteiger partial charge in [0.1, 0.15) is 5.75 Å². The first-order chi connectivity index (χ1) is 6.09. The zero-order valence-corrected chi connectivity index (χ0v) is 6.84. The van der Waals surface area contributed by atoms with Crippen LogP contribution in [0.15, 0.2) is 18.3 Å². The molecule has 0 amide bonds. The predicted octanol–water partition coefficient (Wildman–Crippen LogP) is 0.262. The van der Waals surface area contributed by atoms with E-state index in [9.17, 15) is 4.79 Å². The molecule has 0 aliphatic rings. The van der Waals surface area contributed by atoms with E-state index in [4.69, 9.17) is 15.9 Å². The van der Waals surface area contributed by atoms with E-state index >= 15 is 0 Å². The summed E-state index contributed by atoms with van der Waals surface area (Å²) in [6.07, 6.45) is 1.06. The molecule has 0 saturated carbocycles. The van der Waals surface area contributed by atoms with Crippen LogP contribution in [-0.4, -0.2) is 21.2 Å². The molecule has 1 heterocycles. The van der Waals surface area contributed by atoms with Crippen molar-refractivity contribution in [2.24, 2.45) is 5.73 Å². The standard InChI is InChI=1S/C8H10N2O3/c9-6(3-8(12)13)7-2-1-5(11)4-10-7/h1-2,4,6,11H,3,9H2,(H,12,13)/t6-/m1/s1. The van der Waals surface area contributed by atoms with Gasteiger partial charge in [-0.2, -0.15) is 0 Å². The molecule has 0 fully saturated rings. The molecule has 0 radical (unpaired) electrons. The summed E-state index contributed by atoms with van der Waals surface area (Å²) in [6, 6.07) is 2.30. The highest BCUT2D eigenvalue weighted by atomic mass is 16.4. The Morgan fingerprint density at radius 1 is 1.62 bits per heavy atom. The van der Waals surface area contributed by atoms with Gasteiger partial charge in [-0.15, -0.1) is 0 Å². The molecule has 5 nitrogen and oxygen atoms in total. The largest absolute Gasteiger partial charge is 0.506 e. The number of aliphatic carboxylic acids is 1. The van der Waals surface area contributed by atoms with Crippen LogP contribution in [0.1, 0.15) is 18.2 Å². The van der Waals surface area contributed by atoms with Crippen molar-refractivity contribution in [3.8, 4) is 5.75 Å². The van der Waals surface area contributed by atoms with E-state index in [0.29, 0.717) is 5.69 Å². The Bertz CT molecular complexity index is 297. The molecule has 1 rings (SSSR count). The van der Waals surface area contributed by atoms with Gasteiger partial charge in [0.15, 0.2) is 0 Å². The lowest BCUT2D eigenvalue weighted by atomic mass is 10.1. The van der Waals surface area contributed by atoms with Crippen LogP contribution in [0.25, 0.3) is 0 Å². The maximum atomic E-state index is 10.3. The number of aromatic nitrogens is 1. The molecule has 0 bridgehead atoms. The molecule has 1 atom stereocenters. The Kier molecular flexibility index (Phi) is 2.81. The Balaban J connectivity index is 2.71. The number of carboxylic acid groups (broad SMARTS) is 1. The lowest BCUT2D eigenvalue weighted by Crippen LogP contribution is -2.15. The highest BCUT2D eigenvalue weighted by molar-refractivity contribution is 5.67. The van der Waals surface area contributed by atoms with E-state index < -0.39 is 12.0 Å². The van der Waals surface area contributed by atoms with Crippen LogP contribution < -0.4 is 5.73 Å². The minimum absolute atomic E-state index is 0.0336. The second kappa shape index (κ2) is 3.86. The Morgan fingerprint density at radius 3 is 2.77 bits per heavy atom. The molecule has 4 N–H and O–H groups in total. The van der Waals surface area contributed by atoms with Gasteiger partial charge in [-0.25, -0.2) is 0 Å². The molecule has 5 heteroatoms. The summed E-state index contributed by atoms with van der Waals surface area (Å²) >= 11 is 0. The summed E-state index contributed by atoms with van der Waals surface area (Å²) in [4.78, 5) is 14.1. The van der Waals surface area contributed by atoms with Gasteiger partial charge in [-0.3, -0.25) is 9.78 Å². The van der Waals surface area contributed by atoms with Gasteiger partial charge in [0.2, 0.25) is 0 Å². The average Bonchev–Trinajstić information content (AvgIpc) is 2.04. The number of hydrogen-bond acceptors (Lipinski definition) is 4. The van der Waals surface area contributed by atoms with E-state index in [0.717, 1.165) is 0 Å². The number of aromatic hydroxyl groups is 1. The first kappa shape index (κ1) is 9.47. The van der Waals surface area contributed by atoms with Gasteiger partial charge in [0.05, 0.1) is 24.4 Å². The van der Waals surface area contributed by atoms with Crippen molar-refractivity contribution in [3.05, 3.63) is 24.0 Å². The lowest BCUT2D eigenvalue weighted by molar-refractivity contribution is -0.137. The smallest absolute Gasteiger partial charge is 0.305 e. The Labute approximate surface area is 74.8 Å². The molecular formula is C8H10N2O3. The number of rotatable bonds is 3. The zero-order valence-electron chi connectivity index (χ0n) is 6.84. The van der Waals surface area contributed by atoms with Crippen LogP contribution >= 0.6 is 0 Å². The van der Waals surface area contributed by atoms with E-state index in [2.05, 4.69) is 4.98 Å². The van der Waals surface area contributed by atoms with Crippen molar-refractivity contribution in [2.75, 3.05) is 0 Å². The van der Waals surface area contributed by atoms with Crippen LogP contribution in [0, 0.1) is 0 Å². The third-order valence-electron chi connectivity index (χ3n) is 1.55. The molecule has 0 aliphatic heterocycles. The van der Waals surface area contributed by atoms with Crippen LogP contribution in [0.5, 0.6) is 5.75 Å². The minimum atomic E-state index is -0.970. The van der Waals surface area contributed by atoms with Crippen LogP contribution in [0.4, 0.5) is 0 Å². The molecule has 0 spiro atoms. The second-order valence-electron chi connectivity index (χ2n) is 2.65. The van der Waals surface area contributed by atoms with E-state index in [-0.39, 0.29) is 12.2 Å². The number of hydrogen-bond donors (Lipinski definition) is 3. The van der Waals surface area contributed by atoms with Crippen molar-refractivity contribution < 1.29 is 15.0 Å².